The summed E-state index contributed by atoms with van der Waals surface area (Å²) < 4.78 is 14.8. The van der Waals surface area contributed by atoms with Gasteiger partial charge in [0, 0.05) is 16.8 Å². The van der Waals surface area contributed by atoms with Gasteiger partial charge in [-0.1, -0.05) is 28.9 Å². The number of aryl methyl sites for hydroxylation is 1. The fraction of sp³-hybridized carbons (Fsp3) is 0.0455. The molecule has 144 valence electrons. The number of carbonyl (C=O) groups is 1. The number of imidazole rings is 1. The van der Waals surface area contributed by atoms with Gasteiger partial charge in [-0.05, 0) is 61.0 Å². The first kappa shape index (κ1) is 18.8. The maximum absolute atomic E-state index is 13.0. The highest BCUT2D eigenvalue weighted by Crippen LogP contribution is 2.25. The Morgan fingerprint density at radius 2 is 1.86 bits per heavy atom. The summed E-state index contributed by atoms with van der Waals surface area (Å²) in [7, 11) is 0. The van der Waals surface area contributed by atoms with Crippen molar-refractivity contribution in [1.82, 2.24) is 9.38 Å². The SMILES string of the molecule is Cc1ccn2c(/C=N/OC(=O)c3ccc(F)cc3)c(-c3ccc(Cl)cc3)nc2c1. The molecule has 5 nitrogen and oxygen atoms in total. The Labute approximate surface area is 171 Å². The number of hydrogen-bond donors (Lipinski definition) is 0. The summed E-state index contributed by atoms with van der Waals surface area (Å²) in [5.74, 6) is -1.11. The van der Waals surface area contributed by atoms with Crippen LogP contribution in [0.2, 0.25) is 5.02 Å². The number of pyridine rings is 1. The Morgan fingerprint density at radius 1 is 1.14 bits per heavy atom. The molecule has 0 spiro atoms. The molecule has 0 N–H and O–H groups in total. The van der Waals surface area contributed by atoms with Crippen LogP contribution in [-0.4, -0.2) is 21.6 Å². The summed E-state index contributed by atoms with van der Waals surface area (Å²) in [5.41, 5.74) is 4.18. The maximum atomic E-state index is 13.0. The van der Waals surface area contributed by atoms with Crippen molar-refractivity contribution in [3.63, 3.8) is 0 Å². The summed E-state index contributed by atoms with van der Waals surface area (Å²) in [6.45, 7) is 1.98. The van der Waals surface area contributed by atoms with E-state index in [1.165, 1.54) is 30.5 Å². The molecule has 0 amide bonds. The predicted molar refractivity (Wildman–Crippen MR) is 110 cm³/mol. The zero-order valence-corrected chi connectivity index (χ0v) is 16.1. The number of oxime groups is 1. The molecule has 0 fully saturated rings. The fourth-order valence-electron chi connectivity index (χ4n) is 2.87. The second-order valence-corrected chi connectivity index (χ2v) is 6.84. The summed E-state index contributed by atoms with van der Waals surface area (Å²) in [4.78, 5) is 21.7. The quantitative estimate of drug-likeness (QED) is 0.262. The number of rotatable bonds is 4. The molecule has 0 unspecified atom stereocenters. The third-order valence-corrected chi connectivity index (χ3v) is 4.58. The largest absolute Gasteiger partial charge is 0.365 e. The van der Waals surface area contributed by atoms with Crippen molar-refractivity contribution in [3.05, 3.63) is 94.5 Å². The van der Waals surface area contributed by atoms with Crippen LogP contribution < -0.4 is 0 Å². The van der Waals surface area contributed by atoms with Crippen molar-refractivity contribution in [1.29, 1.82) is 0 Å². The van der Waals surface area contributed by atoms with Crippen LogP contribution >= 0.6 is 11.6 Å². The highest BCUT2D eigenvalue weighted by molar-refractivity contribution is 6.30. The average Bonchev–Trinajstić information content (AvgIpc) is 3.06. The Morgan fingerprint density at radius 3 is 2.59 bits per heavy atom. The number of hydrogen-bond acceptors (Lipinski definition) is 4. The maximum Gasteiger partial charge on any atom is 0.365 e. The van der Waals surface area contributed by atoms with Gasteiger partial charge >= 0.3 is 5.97 Å². The van der Waals surface area contributed by atoms with E-state index < -0.39 is 11.8 Å². The van der Waals surface area contributed by atoms with Crippen LogP contribution in [-0.2, 0) is 4.84 Å². The van der Waals surface area contributed by atoms with Crippen LogP contribution in [0.1, 0.15) is 21.6 Å². The molecular weight excluding hydrogens is 393 g/mol. The molecule has 0 saturated heterocycles. The zero-order valence-electron chi connectivity index (χ0n) is 15.3. The smallest absolute Gasteiger partial charge is 0.313 e. The van der Waals surface area contributed by atoms with Crippen molar-refractivity contribution in [2.75, 3.05) is 0 Å². The Bertz CT molecular complexity index is 1220. The van der Waals surface area contributed by atoms with E-state index >= 15 is 0 Å². The summed E-state index contributed by atoms with van der Waals surface area (Å²) in [5, 5.41) is 4.46. The Kier molecular flexibility index (Phi) is 5.10. The molecule has 0 saturated carbocycles. The molecule has 2 heterocycles. The molecule has 0 radical (unpaired) electrons. The van der Waals surface area contributed by atoms with E-state index in [1.54, 1.807) is 12.1 Å². The van der Waals surface area contributed by atoms with E-state index in [-0.39, 0.29) is 5.56 Å². The molecule has 0 bridgehead atoms. The van der Waals surface area contributed by atoms with Crippen LogP contribution in [0.4, 0.5) is 4.39 Å². The minimum absolute atomic E-state index is 0.204. The van der Waals surface area contributed by atoms with E-state index in [9.17, 15) is 9.18 Å². The number of halogens is 2. The topological polar surface area (TPSA) is 56.0 Å². The average molecular weight is 408 g/mol. The fourth-order valence-corrected chi connectivity index (χ4v) is 3.00. The number of carbonyl (C=O) groups excluding carboxylic acids is 1. The first-order valence-corrected chi connectivity index (χ1v) is 9.14. The first-order valence-electron chi connectivity index (χ1n) is 8.76. The minimum atomic E-state index is -0.682. The third kappa shape index (κ3) is 4.02. The molecule has 0 aliphatic heterocycles. The normalized spacial score (nSPS) is 11.3. The lowest BCUT2D eigenvalue weighted by molar-refractivity contribution is 0.0519. The Hall–Kier alpha value is -3.51. The molecule has 4 rings (SSSR count). The molecule has 4 aromatic rings. The lowest BCUT2D eigenvalue weighted by atomic mass is 10.1. The summed E-state index contributed by atoms with van der Waals surface area (Å²) in [6.07, 6.45) is 3.31. The Balaban J connectivity index is 1.68. The van der Waals surface area contributed by atoms with E-state index in [4.69, 9.17) is 16.4 Å². The van der Waals surface area contributed by atoms with Crippen molar-refractivity contribution in [2.24, 2.45) is 5.16 Å². The van der Waals surface area contributed by atoms with Gasteiger partial charge in [-0.3, -0.25) is 4.40 Å². The second-order valence-electron chi connectivity index (χ2n) is 6.40. The number of aromatic nitrogens is 2. The van der Waals surface area contributed by atoms with Crippen LogP contribution in [0.25, 0.3) is 16.9 Å². The second kappa shape index (κ2) is 7.85. The van der Waals surface area contributed by atoms with Crippen LogP contribution in [0.5, 0.6) is 0 Å². The van der Waals surface area contributed by atoms with Gasteiger partial charge in [-0.25, -0.2) is 14.2 Å². The van der Waals surface area contributed by atoms with Crippen molar-refractivity contribution in [3.8, 4) is 11.3 Å². The number of benzene rings is 2. The molecule has 0 atom stereocenters. The molecule has 2 aromatic carbocycles. The first-order chi connectivity index (χ1) is 14.0. The number of fused-ring (bicyclic) bond motifs is 1. The van der Waals surface area contributed by atoms with Crippen molar-refractivity contribution in [2.45, 2.75) is 6.92 Å². The molecular formula is C22H15ClFN3O2. The van der Waals surface area contributed by atoms with Crippen molar-refractivity contribution >= 4 is 29.4 Å². The standard InChI is InChI=1S/C22H15ClFN3O2/c1-14-10-11-27-19(13-25-29-22(28)16-4-8-18(24)9-5-16)21(26-20(27)12-14)15-2-6-17(23)7-3-15/h2-13H,1H3/b25-13+. The van der Waals surface area contributed by atoms with Gasteiger partial charge in [0.25, 0.3) is 0 Å². The molecule has 7 heteroatoms. The van der Waals surface area contributed by atoms with Gasteiger partial charge in [0.05, 0.1) is 23.2 Å². The van der Waals surface area contributed by atoms with E-state index in [2.05, 4.69) is 10.1 Å². The van der Waals surface area contributed by atoms with Gasteiger partial charge in [-0.15, -0.1) is 0 Å². The minimum Gasteiger partial charge on any atom is -0.313 e. The lowest BCUT2D eigenvalue weighted by Gasteiger charge is -2.01. The molecule has 0 aliphatic carbocycles. The number of nitrogens with zero attached hydrogens (tertiary/aromatic N) is 3. The summed E-state index contributed by atoms with van der Waals surface area (Å²) >= 11 is 5.99. The van der Waals surface area contributed by atoms with Crippen LogP contribution in [0, 0.1) is 12.7 Å². The van der Waals surface area contributed by atoms with E-state index in [0.29, 0.717) is 16.4 Å². The van der Waals surface area contributed by atoms with Crippen LogP contribution in [0.3, 0.4) is 0 Å². The monoisotopic (exact) mass is 407 g/mol. The van der Waals surface area contributed by atoms with Gasteiger partial charge in [-0.2, -0.15) is 0 Å². The van der Waals surface area contributed by atoms with Crippen LogP contribution in [0.15, 0.2) is 72.0 Å². The highest BCUT2D eigenvalue weighted by Gasteiger charge is 2.14. The lowest BCUT2D eigenvalue weighted by Crippen LogP contribution is -2.02. The zero-order chi connectivity index (χ0) is 20.4. The third-order valence-electron chi connectivity index (χ3n) is 4.33. The highest BCUT2D eigenvalue weighted by atomic mass is 35.5. The summed E-state index contributed by atoms with van der Waals surface area (Å²) in [6, 6.07) is 16.2. The van der Waals surface area contributed by atoms with Gasteiger partial charge in [0.2, 0.25) is 0 Å². The van der Waals surface area contributed by atoms with E-state index in [1.807, 2.05) is 41.8 Å². The molecule has 2 aromatic heterocycles. The van der Waals surface area contributed by atoms with E-state index in [0.717, 1.165) is 16.8 Å². The predicted octanol–water partition coefficient (Wildman–Crippen LogP) is 5.29. The molecule has 29 heavy (non-hydrogen) atoms. The van der Waals surface area contributed by atoms with Gasteiger partial charge in [0.1, 0.15) is 11.5 Å². The molecule has 0 aliphatic rings. The van der Waals surface area contributed by atoms with Crippen molar-refractivity contribution < 1.29 is 14.0 Å². The van der Waals surface area contributed by atoms with Gasteiger partial charge in [0.15, 0.2) is 0 Å². The van der Waals surface area contributed by atoms with Gasteiger partial charge < -0.3 is 4.84 Å².